The fraction of sp³-hybridized carbons (Fsp3) is 0.278. The molecule has 0 aliphatic heterocycles. The summed E-state index contributed by atoms with van der Waals surface area (Å²) in [6.07, 6.45) is -3.69. The van der Waals surface area contributed by atoms with E-state index in [9.17, 15) is 18.0 Å². The molecule has 0 saturated heterocycles. The Kier molecular flexibility index (Phi) is 5.39. The Hall–Kier alpha value is -3.30. The van der Waals surface area contributed by atoms with Gasteiger partial charge >= 0.3 is 12.2 Å². The molecule has 0 aliphatic carbocycles. The second-order valence-electron chi connectivity index (χ2n) is 5.95. The minimum Gasteiger partial charge on any atom is -0.494 e. The van der Waals surface area contributed by atoms with Crippen LogP contribution < -0.4 is 15.4 Å². The molecule has 0 radical (unpaired) electrons. The van der Waals surface area contributed by atoms with E-state index in [1.54, 1.807) is 0 Å². The highest BCUT2D eigenvalue weighted by Gasteiger charge is 2.33. The lowest BCUT2D eigenvalue weighted by Crippen LogP contribution is -2.31. The van der Waals surface area contributed by atoms with E-state index >= 15 is 0 Å². The molecule has 2 amide bonds. The number of imidazole rings is 1. The van der Waals surface area contributed by atoms with Crippen LogP contribution in [-0.2, 0) is 12.7 Å². The zero-order chi connectivity index (χ0) is 20.3. The van der Waals surface area contributed by atoms with Gasteiger partial charge in [0.25, 0.3) is 0 Å². The average Bonchev–Trinajstić information content (AvgIpc) is 2.96. The maximum atomic E-state index is 12.7. The standard InChI is InChI=1S/C18H18F3N5O2/c1-11-24-12-5-3-4-6-14(12)26(11)8-7-22-17(27)25-13-10-23-16(18(19,20)21)9-15(13)28-2/h3-6,9-10H,7-8H2,1-2H3,(H2,22,25,27). The number of nitrogens with zero attached hydrogens (tertiary/aromatic N) is 3. The van der Waals surface area contributed by atoms with Crippen LogP contribution in [0.3, 0.4) is 0 Å². The molecular weight excluding hydrogens is 375 g/mol. The van der Waals surface area contributed by atoms with Crippen molar-refractivity contribution in [3.63, 3.8) is 0 Å². The molecule has 3 aromatic rings. The lowest BCUT2D eigenvalue weighted by molar-refractivity contribution is -0.141. The SMILES string of the molecule is COc1cc(C(F)(F)F)ncc1NC(=O)NCCn1c(C)nc2ccccc21. The number of halogens is 3. The summed E-state index contributed by atoms with van der Waals surface area (Å²) in [6, 6.07) is 7.80. The Morgan fingerprint density at radius 2 is 2.04 bits per heavy atom. The first-order valence-electron chi connectivity index (χ1n) is 8.37. The predicted octanol–water partition coefficient (Wildman–Crippen LogP) is 3.59. The Balaban J connectivity index is 1.62. The van der Waals surface area contributed by atoms with Crippen LogP contribution in [0.1, 0.15) is 11.5 Å². The van der Waals surface area contributed by atoms with Crippen LogP contribution in [0.25, 0.3) is 11.0 Å². The molecule has 0 unspecified atom stereocenters. The second kappa shape index (κ2) is 7.75. The van der Waals surface area contributed by atoms with E-state index in [0.717, 1.165) is 29.1 Å². The van der Waals surface area contributed by atoms with Gasteiger partial charge in [0.15, 0.2) is 0 Å². The molecule has 0 fully saturated rings. The monoisotopic (exact) mass is 393 g/mol. The third kappa shape index (κ3) is 4.16. The van der Waals surface area contributed by atoms with Gasteiger partial charge in [0.05, 0.1) is 24.3 Å². The molecule has 0 spiro atoms. The zero-order valence-electron chi connectivity index (χ0n) is 15.2. The van der Waals surface area contributed by atoms with Crippen LogP contribution >= 0.6 is 0 Å². The summed E-state index contributed by atoms with van der Waals surface area (Å²) in [5.41, 5.74) is 0.760. The van der Waals surface area contributed by atoms with Crippen LogP contribution in [0.15, 0.2) is 36.5 Å². The molecular formula is C18H18F3N5O2. The summed E-state index contributed by atoms with van der Waals surface area (Å²) in [4.78, 5) is 19.9. The number of alkyl halides is 3. The Morgan fingerprint density at radius 1 is 1.29 bits per heavy atom. The molecule has 2 heterocycles. The fourth-order valence-electron chi connectivity index (χ4n) is 2.78. The third-order valence-corrected chi connectivity index (χ3v) is 4.09. The topological polar surface area (TPSA) is 81.1 Å². The van der Waals surface area contributed by atoms with Gasteiger partial charge in [-0.3, -0.25) is 0 Å². The van der Waals surface area contributed by atoms with E-state index in [1.807, 2.05) is 35.8 Å². The molecule has 2 N–H and O–H groups in total. The smallest absolute Gasteiger partial charge is 0.433 e. The molecule has 0 aliphatic rings. The maximum absolute atomic E-state index is 12.7. The van der Waals surface area contributed by atoms with Gasteiger partial charge in [-0.15, -0.1) is 0 Å². The molecule has 148 valence electrons. The summed E-state index contributed by atoms with van der Waals surface area (Å²) in [5.74, 6) is 0.686. The number of aromatic nitrogens is 3. The van der Waals surface area contributed by atoms with Crippen molar-refractivity contribution in [3.05, 3.63) is 48.0 Å². The van der Waals surface area contributed by atoms with E-state index in [1.165, 1.54) is 7.11 Å². The number of hydrogen-bond donors (Lipinski definition) is 2. The maximum Gasteiger partial charge on any atom is 0.433 e. The van der Waals surface area contributed by atoms with Crippen molar-refractivity contribution < 1.29 is 22.7 Å². The number of nitrogens with one attached hydrogen (secondary N) is 2. The van der Waals surface area contributed by atoms with Crippen molar-refractivity contribution in [1.82, 2.24) is 19.9 Å². The summed E-state index contributed by atoms with van der Waals surface area (Å²) >= 11 is 0. The Bertz CT molecular complexity index is 1000. The molecule has 10 heteroatoms. The highest BCUT2D eigenvalue weighted by molar-refractivity contribution is 5.90. The van der Waals surface area contributed by atoms with Gasteiger partial charge in [-0.1, -0.05) is 12.1 Å². The number of urea groups is 1. The number of methoxy groups -OCH3 is 1. The molecule has 0 bridgehead atoms. The number of aryl methyl sites for hydroxylation is 1. The van der Waals surface area contributed by atoms with Crippen molar-refractivity contribution >= 4 is 22.8 Å². The minimum atomic E-state index is -4.60. The van der Waals surface area contributed by atoms with Crippen LogP contribution in [0.2, 0.25) is 0 Å². The third-order valence-electron chi connectivity index (χ3n) is 4.09. The number of carbonyl (C=O) groups excluding carboxylic acids is 1. The van der Waals surface area contributed by atoms with Crippen molar-refractivity contribution in [2.24, 2.45) is 0 Å². The van der Waals surface area contributed by atoms with Crippen LogP contribution in [0.5, 0.6) is 5.75 Å². The molecule has 0 atom stereocenters. The van der Waals surface area contributed by atoms with E-state index in [0.29, 0.717) is 13.1 Å². The van der Waals surface area contributed by atoms with Gasteiger partial charge in [0.1, 0.15) is 23.0 Å². The number of para-hydroxylation sites is 2. The molecule has 3 rings (SSSR count). The number of amides is 2. The minimum absolute atomic E-state index is 0.0391. The van der Waals surface area contributed by atoms with E-state index in [-0.39, 0.29) is 11.4 Å². The number of anilines is 1. The number of rotatable bonds is 5. The number of fused-ring (bicyclic) bond motifs is 1. The molecule has 0 saturated carbocycles. The lowest BCUT2D eigenvalue weighted by Gasteiger charge is -2.13. The second-order valence-corrected chi connectivity index (χ2v) is 5.95. The average molecular weight is 393 g/mol. The van der Waals surface area contributed by atoms with Crippen molar-refractivity contribution in [1.29, 1.82) is 0 Å². The molecule has 1 aromatic carbocycles. The van der Waals surface area contributed by atoms with Crippen molar-refractivity contribution in [2.45, 2.75) is 19.6 Å². The molecule has 2 aromatic heterocycles. The zero-order valence-corrected chi connectivity index (χ0v) is 15.2. The van der Waals surface area contributed by atoms with Crippen LogP contribution in [-0.4, -0.2) is 34.2 Å². The Labute approximate surface area is 158 Å². The van der Waals surface area contributed by atoms with Gasteiger partial charge < -0.3 is 19.9 Å². The van der Waals surface area contributed by atoms with Gasteiger partial charge in [-0.25, -0.2) is 14.8 Å². The summed E-state index contributed by atoms with van der Waals surface area (Å²) < 4.78 is 45.0. The van der Waals surface area contributed by atoms with Gasteiger partial charge in [-0.2, -0.15) is 13.2 Å². The first-order valence-corrected chi connectivity index (χ1v) is 8.37. The number of benzene rings is 1. The van der Waals surface area contributed by atoms with Gasteiger partial charge in [0.2, 0.25) is 0 Å². The van der Waals surface area contributed by atoms with E-state index in [4.69, 9.17) is 4.74 Å². The molecule has 28 heavy (non-hydrogen) atoms. The lowest BCUT2D eigenvalue weighted by atomic mass is 10.3. The Morgan fingerprint density at radius 3 is 2.75 bits per heavy atom. The highest BCUT2D eigenvalue weighted by atomic mass is 19.4. The summed E-state index contributed by atoms with van der Waals surface area (Å²) in [7, 11) is 1.21. The van der Waals surface area contributed by atoms with Crippen LogP contribution in [0, 0.1) is 6.92 Å². The number of carbonyl (C=O) groups is 1. The first kappa shape index (κ1) is 19.5. The van der Waals surface area contributed by atoms with E-state index in [2.05, 4.69) is 20.6 Å². The summed E-state index contributed by atoms with van der Waals surface area (Å²) in [5, 5.41) is 5.10. The van der Waals surface area contributed by atoms with Gasteiger partial charge in [-0.05, 0) is 19.1 Å². The van der Waals surface area contributed by atoms with E-state index < -0.39 is 17.9 Å². The predicted molar refractivity (Wildman–Crippen MR) is 97.3 cm³/mol. The summed E-state index contributed by atoms with van der Waals surface area (Å²) in [6.45, 7) is 2.66. The largest absolute Gasteiger partial charge is 0.494 e. The number of pyridine rings is 1. The highest BCUT2D eigenvalue weighted by Crippen LogP contribution is 2.33. The molecule has 7 nitrogen and oxygen atoms in total. The first-order chi connectivity index (χ1) is 13.3. The fourth-order valence-corrected chi connectivity index (χ4v) is 2.78. The normalized spacial score (nSPS) is 11.5. The van der Waals surface area contributed by atoms with Crippen molar-refractivity contribution in [3.8, 4) is 5.75 Å². The van der Waals surface area contributed by atoms with Crippen LogP contribution in [0.4, 0.5) is 23.7 Å². The van der Waals surface area contributed by atoms with Crippen molar-refractivity contribution in [2.75, 3.05) is 19.0 Å². The number of ether oxygens (including phenoxy) is 1. The number of hydrogen-bond acceptors (Lipinski definition) is 4. The quantitative estimate of drug-likeness (QED) is 0.694. The van der Waals surface area contributed by atoms with Gasteiger partial charge in [0, 0.05) is 19.2 Å².